The molecule has 0 aromatic rings. The maximum absolute atomic E-state index is 11.7. The van der Waals surface area contributed by atoms with Crippen molar-refractivity contribution in [1.29, 1.82) is 0 Å². The number of nitrogens with zero attached hydrogens (tertiary/aromatic N) is 1. The van der Waals surface area contributed by atoms with Crippen LogP contribution < -0.4 is 10.6 Å². The van der Waals surface area contributed by atoms with E-state index in [4.69, 9.17) is 9.84 Å². The number of likely N-dealkylation sites (tertiary alicyclic amines) is 1. The molecule has 3 atom stereocenters. The number of hydrogen-bond acceptors (Lipinski definition) is 4. The first-order valence-corrected chi connectivity index (χ1v) is 6.42. The fraction of sp³-hybridized carbons (Fsp3) is 0.833. The summed E-state index contributed by atoms with van der Waals surface area (Å²) in [5.41, 5.74) is 0. The summed E-state index contributed by atoms with van der Waals surface area (Å²) in [5.74, 6) is -0.711. The van der Waals surface area contributed by atoms with Crippen molar-refractivity contribution >= 4 is 12.0 Å². The zero-order chi connectivity index (χ0) is 14.4. The van der Waals surface area contributed by atoms with Gasteiger partial charge in [0, 0.05) is 19.7 Å². The van der Waals surface area contributed by atoms with Crippen LogP contribution in [0.1, 0.15) is 13.3 Å². The molecule has 3 N–H and O–H groups in total. The standard InChI is InChI=1S/C12H23N3O4/c1-8-7-15(2)5-4-9(8)14-12(18)13-6-10(19-3)11(16)17/h8-10H,4-7H2,1-3H3,(H,16,17)(H2,13,14,18). The van der Waals surface area contributed by atoms with Gasteiger partial charge in [-0.15, -0.1) is 0 Å². The average Bonchev–Trinajstić information content (AvgIpc) is 2.33. The van der Waals surface area contributed by atoms with Crippen LogP contribution in [0.25, 0.3) is 0 Å². The van der Waals surface area contributed by atoms with Crippen molar-refractivity contribution in [2.75, 3.05) is 33.8 Å². The van der Waals surface area contributed by atoms with Gasteiger partial charge in [-0.05, 0) is 25.9 Å². The third-order valence-electron chi connectivity index (χ3n) is 3.43. The highest BCUT2D eigenvalue weighted by Gasteiger charge is 2.26. The van der Waals surface area contributed by atoms with Crippen molar-refractivity contribution in [1.82, 2.24) is 15.5 Å². The Balaban J connectivity index is 2.33. The van der Waals surface area contributed by atoms with Gasteiger partial charge in [-0.1, -0.05) is 6.92 Å². The van der Waals surface area contributed by atoms with Gasteiger partial charge in [-0.2, -0.15) is 0 Å². The Morgan fingerprint density at radius 2 is 2.21 bits per heavy atom. The van der Waals surface area contributed by atoms with Crippen LogP contribution in [0.5, 0.6) is 0 Å². The molecule has 0 bridgehead atoms. The Morgan fingerprint density at radius 3 is 2.74 bits per heavy atom. The predicted octanol–water partition coefficient (Wildman–Crippen LogP) is -0.275. The van der Waals surface area contributed by atoms with E-state index < -0.39 is 12.1 Å². The van der Waals surface area contributed by atoms with Crippen molar-refractivity contribution < 1.29 is 19.4 Å². The number of carboxylic acids is 1. The number of piperidine rings is 1. The van der Waals surface area contributed by atoms with E-state index >= 15 is 0 Å². The molecule has 0 aromatic heterocycles. The lowest BCUT2D eigenvalue weighted by Crippen LogP contribution is -2.52. The number of hydrogen-bond donors (Lipinski definition) is 3. The predicted molar refractivity (Wildman–Crippen MR) is 70.0 cm³/mol. The Hall–Kier alpha value is -1.34. The second-order valence-corrected chi connectivity index (χ2v) is 5.05. The summed E-state index contributed by atoms with van der Waals surface area (Å²) >= 11 is 0. The molecule has 0 aliphatic carbocycles. The molecule has 1 fully saturated rings. The molecule has 7 nitrogen and oxygen atoms in total. The third kappa shape index (κ3) is 5.04. The maximum Gasteiger partial charge on any atom is 0.334 e. The van der Waals surface area contributed by atoms with Crippen LogP contribution in [-0.4, -0.2) is 67.9 Å². The molecule has 1 saturated heterocycles. The van der Waals surface area contributed by atoms with E-state index in [1.165, 1.54) is 7.11 Å². The van der Waals surface area contributed by atoms with Crippen LogP contribution in [0, 0.1) is 5.92 Å². The number of carbonyl (C=O) groups excluding carboxylic acids is 1. The van der Waals surface area contributed by atoms with Crippen LogP contribution in [0.2, 0.25) is 0 Å². The molecule has 0 spiro atoms. The zero-order valence-corrected chi connectivity index (χ0v) is 11.7. The van der Waals surface area contributed by atoms with Gasteiger partial charge in [0.25, 0.3) is 0 Å². The topological polar surface area (TPSA) is 90.9 Å². The Morgan fingerprint density at radius 1 is 1.53 bits per heavy atom. The van der Waals surface area contributed by atoms with E-state index in [2.05, 4.69) is 29.5 Å². The molecule has 0 aromatic carbocycles. The summed E-state index contributed by atoms with van der Waals surface area (Å²) in [6.45, 7) is 3.94. The maximum atomic E-state index is 11.7. The first-order chi connectivity index (χ1) is 8.93. The lowest BCUT2D eigenvalue weighted by atomic mass is 9.94. The summed E-state index contributed by atoms with van der Waals surface area (Å²) in [7, 11) is 3.36. The van der Waals surface area contributed by atoms with E-state index in [1.807, 2.05) is 0 Å². The lowest BCUT2D eigenvalue weighted by molar-refractivity contribution is -0.147. The van der Waals surface area contributed by atoms with Crippen LogP contribution in [0.3, 0.4) is 0 Å². The van der Waals surface area contributed by atoms with Gasteiger partial charge in [0.1, 0.15) is 0 Å². The Kier molecular flexibility index (Phi) is 6.04. The van der Waals surface area contributed by atoms with Gasteiger partial charge in [0.05, 0.1) is 6.54 Å². The van der Waals surface area contributed by atoms with Crippen LogP contribution in [0.15, 0.2) is 0 Å². The molecule has 2 amide bonds. The van der Waals surface area contributed by atoms with Gasteiger partial charge in [-0.25, -0.2) is 9.59 Å². The fourth-order valence-electron chi connectivity index (χ4n) is 2.24. The summed E-state index contributed by atoms with van der Waals surface area (Å²) in [6, 6.07) is -0.216. The number of aliphatic carboxylic acids is 1. The van der Waals surface area contributed by atoms with Crippen molar-refractivity contribution in [3.8, 4) is 0 Å². The summed E-state index contributed by atoms with van der Waals surface area (Å²) in [5, 5.41) is 14.2. The normalized spacial score (nSPS) is 25.6. The largest absolute Gasteiger partial charge is 0.479 e. The molecule has 7 heteroatoms. The first kappa shape index (κ1) is 15.7. The number of methoxy groups -OCH3 is 1. The van der Waals surface area contributed by atoms with Crippen LogP contribution >= 0.6 is 0 Å². The van der Waals surface area contributed by atoms with E-state index in [9.17, 15) is 9.59 Å². The second kappa shape index (κ2) is 7.30. The highest BCUT2D eigenvalue weighted by atomic mass is 16.5. The number of amides is 2. The van der Waals surface area contributed by atoms with E-state index in [-0.39, 0.29) is 18.6 Å². The average molecular weight is 273 g/mol. The van der Waals surface area contributed by atoms with Gasteiger partial charge in [-0.3, -0.25) is 0 Å². The van der Waals surface area contributed by atoms with Gasteiger partial charge in [0.15, 0.2) is 6.10 Å². The monoisotopic (exact) mass is 273 g/mol. The summed E-state index contributed by atoms with van der Waals surface area (Å²) in [6.07, 6.45) is -0.113. The molecule has 0 radical (unpaired) electrons. The molecular formula is C12H23N3O4. The molecule has 1 aliphatic heterocycles. The van der Waals surface area contributed by atoms with E-state index in [1.54, 1.807) is 0 Å². The number of urea groups is 1. The van der Waals surface area contributed by atoms with Crippen LogP contribution in [-0.2, 0) is 9.53 Å². The third-order valence-corrected chi connectivity index (χ3v) is 3.43. The summed E-state index contributed by atoms with van der Waals surface area (Å²) < 4.78 is 4.74. The number of nitrogens with one attached hydrogen (secondary N) is 2. The molecule has 1 aliphatic rings. The van der Waals surface area contributed by atoms with Gasteiger partial charge >= 0.3 is 12.0 Å². The number of carboxylic acid groups (broad SMARTS) is 1. The quantitative estimate of drug-likeness (QED) is 0.641. The van der Waals surface area contributed by atoms with Gasteiger partial charge in [0.2, 0.25) is 0 Å². The molecular weight excluding hydrogens is 250 g/mol. The SMILES string of the molecule is COC(CNC(=O)NC1CCN(C)CC1C)C(=O)O. The minimum atomic E-state index is -1.09. The molecule has 1 heterocycles. The highest BCUT2D eigenvalue weighted by molar-refractivity contribution is 5.77. The number of carbonyl (C=O) groups is 2. The zero-order valence-electron chi connectivity index (χ0n) is 11.7. The smallest absolute Gasteiger partial charge is 0.334 e. The minimum Gasteiger partial charge on any atom is -0.479 e. The van der Waals surface area contributed by atoms with Crippen molar-refractivity contribution in [2.45, 2.75) is 25.5 Å². The number of ether oxygens (including phenoxy) is 1. The summed E-state index contributed by atoms with van der Waals surface area (Å²) in [4.78, 5) is 24.6. The fourth-order valence-corrected chi connectivity index (χ4v) is 2.24. The molecule has 110 valence electrons. The van der Waals surface area contributed by atoms with Crippen molar-refractivity contribution in [3.05, 3.63) is 0 Å². The van der Waals surface area contributed by atoms with Gasteiger partial charge < -0.3 is 25.4 Å². The minimum absolute atomic E-state index is 0.0430. The van der Waals surface area contributed by atoms with E-state index in [0.29, 0.717) is 5.92 Å². The Labute approximate surface area is 113 Å². The molecule has 0 saturated carbocycles. The lowest BCUT2D eigenvalue weighted by Gasteiger charge is -2.35. The van der Waals surface area contributed by atoms with E-state index in [0.717, 1.165) is 19.5 Å². The molecule has 3 unspecified atom stereocenters. The number of rotatable bonds is 5. The molecule has 19 heavy (non-hydrogen) atoms. The highest BCUT2D eigenvalue weighted by Crippen LogP contribution is 2.14. The van der Waals surface area contributed by atoms with Crippen molar-refractivity contribution in [2.24, 2.45) is 5.92 Å². The Bertz CT molecular complexity index is 324. The second-order valence-electron chi connectivity index (χ2n) is 5.05. The van der Waals surface area contributed by atoms with Crippen LogP contribution in [0.4, 0.5) is 4.79 Å². The van der Waals surface area contributed by atoms with Crippen molar-refractivity contribution in [3.63, 3.8) is 0 Å². The first-order valence-electron chi connectivity index (χ1n) is 6.42. The molecule has 1 rings (SSSR count).